The van der Waals surface area contributed by atoms with Crippen LogP contribution in [0.25, 0.3) is 11.0 Å². The lowest BCUT2D eigenvalue weighted by Gasteiger charge is -2.25. The fourth-order valence-corrected chi connectivity index (χ4v) is 4.00. The Hall–Kier alpha value is -1.49. The third-order valence-electron chi connectivity index (χ3n) is 4.14. The zero-order chi connectivity index (χ0) is 14.8. The van der Waals surface area contributed by atoms with E-state index in [4.69, 9.17) is 5.11 Å². The predicted octanol–water partition coefficient (Wildman–Crippen LogP) is 4.03. The molecule has 4 nitrogen and oxygen atoms in total. The van der Waals surface area contributed by atoms with E-state index in [-0.39, 0.29) is 5.75 Å². The molecule has 0 spiro atoms. The number of aromatic nitrogens is 2. The zero-order valence-corrected chi connectivity index (χ0v) is 13.0. The second-order valence-corrected chi connectivity index (χ2v) is 6.62. The average Bonchev–Trinajstić information content (AvgIpc) is 2.86. The van der Waals surface area contributed by atoms with Crippen LogP contribution in [0.4, 0.5) is 0 Å². The van der Waals surface area contributed by atoms with Gasteiger partial charge in [-0.15, -0.1) is 0 Å². The van der Waals surface area contributed by atoms with Crippen LogP contribution >= 0.6 is 11.8 Å². The van der Waals surface area contributed by atoms with Crippen LogP contribution in [0.1, 0.15) is 43.7 Å². The number of hydrogen-bond donors (Lipinski definition) is 1. The molecule has 112 valence electrons. The van der Waals surface area contributed by atoms with Gasteiger partial charge in [0.15, 0.2) is 5.16 Å². The molecule has 1 aromatic carbocycles. The molecular formula is C16H20N2O2S. The topological polar surface area (TPSA) is 55.1 Å². The lowest BCUT2D eigenvalue weighted by Crippen LogP contribution is -2.14. The van der Waals surface area contributed by atoms with Gasteiger partial charge in [-0.25, -0.2) is 4.98 Å². The molecule has 2 aromatic rings. The Morgan fingerprint density at radius 1 is 1.38 bits per heavy atom. The van der Waals surface area contributed by atoms with Gasteiger partial charge < -0.3 is 9.67 Å². The monoisotopic (exact) mass is 304 g/mol. The summed E-state index contributed by atoms with van der Waals surface area (Å²) in [5, 5.41) is 9.80. The van der Waals surface area contributed by atoms with Gasteiger partial charge in [-0.2, -0.15) is 0 Å². The van der Waals surface area contributed by atoms with Crippen LogP contribution in [0.2, 0.25) is 0 Å². The summed E-state index contributed by atoms with van der Waals surface area (Å²) in [6, 6.07) is 6.60. The first-order chi connectivity index (χ1) is 10.2. The summed E-state index contributed by atoms with van der Waals surface area (Å²) in [7, 11) is 0. The van der Waals surface area contributed by atoms with Gasteiger partial charge in [0.25, 0.3) is 0 Å². The minimum atomic E-state index is -0.793. The van der Waals surface area contributed by atoms with Crippen molar-refractivity contribution in [3.63, 3.8) is 0 Å². The number of aryl methyl sites for hydroxylation is 1. The number of hydrogen-bond acceptors (Lipinski definition) is 3. The summed E-state index contributed by atoms with van der Waals surface area (Å²) < 4.78 is 2.30. The van der Waals surface area contributed by atoms with Gasteiger partial charge in [-0.1, -0.05) is 43.2 Å². The Kier molecular flexibility index (Phi) is 4.19. The summed E-state index contributed by atoms with van der Waals surface area (Å²) in [5.41, 5.74) is 3.37. The molecule has 1 aromatic heterocycles. The quantitative estimate of drug-likeness (QED) is 0.867. The van der Waals surface area contributed by atoms with Gasteiger partial charge >= 0.3 is 5.97 Å². The first kappa shape index (κ1) is 14.4. The number of benzene rings is 1. The summed E-state index contributed by atoms with van der Waals surface area (Å²) >= 11 is 1.34. The van der Waals surface area contributed by atoms with Crippen LogP contribution in [0.5, 0.6) is 0 Å². The molecule has 21 heavy (non-hydrogen) atoms. The number of carboxylic acid groups (broad SMARTS) is 1. The Balaban J connectivity index is 2.07. The SMILES string of the molecule is Cc1cccc2nc(SCC(=O)O)n(C3CCCCC3)c12. The number of fused-ring (bicyclic) bond motifs is 1. The van der Waals surface area contributed by atoms with Gasteiger partial charge in [-0.3, -0.25) is 4.79 Å². The van der Waals surface area contributed by atoms with E-state index in [0.717, 1.165) is 10.7 Å². The molecule has 0 unspecified atom stereocenters. The number of thioether (sulfide) groups is 1. The Labute approximate surface area is 128 Å². The predicted molar refractivity (Wildman–Crippen MR) is 85.0 cm³/mol. The van der Waals surface area contributed by atoms with Crippen LogP contribution in [-0.4, -0.2) is 26.4 Å². The second-order valence-electron chi connectivity index (χ2n) is 5.68. The first-order valence-corrected chi connectivity index (χ1v) is 8.47. The van der Waals surface area contributed by atoms with E-state index in [1.807, 2.05) is 12.1 Å². The van der Waals surface area contributed by atoms with Gasteiger partial charge in [-0.05, 0) is 31.4 Å². The van der Waals surface area contributed by atoms with E-state index >= 15 is 0 Å². The van der Waals surface area contributed by atoms with Crippen molar-refractivity contribution in [2.45, 2.75) is 50.2 Å². The third kappa shape index (κ3) is 2.93. The van der Waals surface area contributed by atoms with Crippen molar-refractivity contribution in [2.24, 2.45) is 0 Å². The largest absolute Gasteiger partial charge is 0.481 e. The van der Waals surface area contributed by atoms with Crippen molar-refractivity contribution in [1.29, 1.82) is 0 Å². The van der Waals surface area contributed by atoms with Crippen molar-refractivity contribution in [2.75, 3.05) is 5.75 Å². The van der Waals surface area contributed by atoms with Crippen molar-refractivity contribution < 1.29 is 9.90 Å². The van der Waals surface area contributed by atoms with E-state index in [1.54, 1.807) is 0 Å². The Bertz CT molecular complexity index is 660. The van der Waals surface area contributed by atoms with E-state index in [1.165, 1.54) is 54.9 Å². The maximum Gasteiger partial charge on any atom is 0.313 e. The highest BCUT2D eigenvalue weighted by Gasteiger charge is 2.22. The van der Waals surface area contributed by atoms with Crippen molar-refractivity contribution in [1.82, 2.24) is 9.55 Å². The molecule has 0 saturated heterocycles. The molecule has 0 amide bonds. The molecule has 1 N–H and O–H groups in total. The van der Waals surface area contributed by atoms with Gasteiger partial charge in [0.2, 0.25) is 0 Å². The summed E-state index contributed by atoms with van der Waals surface area (Å²) in [4.78, 5) is 15.6. The highest BCUT2D eigenvalue weighted by atomic mass is 32.2. The Morgan fingerprint density at radius 2 is 2.14 bits per heavy atom. The van der Waals surface area contributed by atoms with Crippen molar-refractivity contribution in [3.8, 4) is 0 Å². The summed E-state index contributed by atoms with van der Waals surface area (Å²) in [6.45, 7) is 2.11. The standard InChI is InChI=1S/C16H20N2O2S/c1-11-6-5-9-13-15(11)18(12-7-3-2-4-8-12)16(17-13)21-10-14(19)20/h5-6,9,12H,2-4,7-8,10H2,1H3,(H,19,20). The van der Waals surface area contributed by atoms with Crippen LogP contribution in [0.15, 0.2) is 23.4 Å². The van der Waals surface area contributed by atoms with E-state index in [2.05, 4.69) is 22.5 Å². The minimum absolute atomic E-state index is 0.0646. The Morgan fingerprint density at radius 3 is 2.86 bits per heavy atom. The molecule has 1 aliphatic carbocycles. The number of imidazole rings is 1. The average molecular weight is 304 g/mol. The van der Waals surface area contributed by atoms with Crippen LogP contribution < -0.4 is 0 Å². The summed E-state index contributed by atoms with van der Waals surface area (Å²) in [5.74, 6) is -0.728. The summed E-state index contributed by atoms with van der Waals surface area (Å²) in [6.07, 6.45) is 6.14. The number of rotatable bonds is 4. The van der Waals surface area contributed by atoms with Gasteiger partial charge in [0, 0.05) is 6.04 Å². The van der Waals surface area contributed by atoms with E-state index < -0.39 is 5.97 Å². The molecule has 1 saturated carbocycles. The van der Waals surface area contributed by atoms with Gasteiger partial charge in [0.1, 0.15) is 0 Å². The highest BCUT2D eigenvalue weighted by molar-refractivity contribution is 7.99. The lowest BCUT2D eigenvalue weighted by molar-refractivity contribution is -0.133. The van der Waals surface area contributed by atoms with Crippen LogP contribution in [-0.2, 0) is 4.79 Å². The molecule has 0 aliphatic heterocycles. The van der Waals surface area contributed by atoms with E-state index in [9.17, 15) is 4.79 Å². The molecule has 0 atom stereocenters. The maximum atomic E-state index is 10.9. The number of aliphatic carboxylic acids is 1. The number of carboxylic acids is 1. The molecule has 3 rings (SSSR count). The molecule has 5 heteroatoms. The van der Waals surface area contributed by atoms with E-state index in [0.29, 0.717) is 6.04 Å². The number of carbonyl (C=O) groups is 1. The molecule has 0 radical (unpaired) electrons. The number of para-hydroxylation sites is 1. The zero-order valence-electron chi connectivity index (χ0n) is 12.2. The third-order valence-corrected chi connectivity index (χ3v) is 5.08. The molecule has 1 fully saturated rings. The second kappa shape index (κ2) is 6.10. The highest BCUT2D eigenvalue weighted by Crippen LogP contribution is 2.36. The smallest absolute Gasteiger partial charge is 0.313 e. The van der Waals surface area contributed by atoms with Crippen molar-refractivity contribution >= 4 is 28.8 Å². The normalized spacial score (nSPS) is 16.4. The fourth-order valence-electron chi connectivity index (χ4n) is 3.21. The lowest BCUT2D eigenvalue weighted by atomic mass is 9.95. The molecule has 0 bridgehead atoms. The number of nitrogens with zero attached hydrogens (tertiary/aromatic N) is 2. The van der Waals surface area contributed by atoms with Crippen LogP contribution in [0.3, 0.4) is 0 Å². The van der Waals surface area contributed by atoms with Crippen molar-refractivity contribution in [3.05, 3.63) is 23.8 Å². The molecule has 1 heterocycles. The maximum absolute atomic E-state index is 10.9. The fraction of sp³-hybridized carbons (Fsp3) is 0.500. The van der Waals surface area contributed by atoms with Crippen LogP contribution in [0, 0.1) is 6.92 Å². The minimum Gasteiger partial charge on any atom is -0.481 e. The molecular weight excluding hydrogens is 284 g/mol. The molecule has 1 aliphatic rings. The van der Waals surface area contributed by atoms with Gasteiger partial charge in [0.05, 0.1) is 16.8 Å². The first-order valence-electron chi connectivity index (χ1n) is 7.49.